The molecule has 2 rings (SSSR count). The van der Waals surface area contributed by atoms with E-state index >= 15 is 0 Å². The van der Waals surface area contributed by atoms with E-state index in [1.165, 1.54) is 5.56 Å². The van der Waals surface area contributed by atoms with E-state index in [9.17, 15) is 4.79 Å². The van der Waals surface area contributed by atoms with Crippen molar-refractivity contribution in [3.63, 3.8) is 0 Å². The number of aliphatic imine (C=N–C) groups is 1. The Balaban J connectivity index is 1.79. The number of carbonyl (C=O) groups excluding carboxylic acids is 1. The van der Waals surface area contributed by atoms with Crippen LogP contribution in [0.2, 0.25) is 0 Å². The van der Waals surface area contributed by atoms with Crippen molar-refractivity contribution in [3.8, 4) is 5.75 Å². The number of hydrogen-bond donors (Lipinski definition) is 2. The summed E-state index contributed by atoms with van der Waals surface area (Å²) in [4.78, 5) is 18.3. The molecule has 0 saturated carbocycles. The molecule has 1 aromatic carbocycles. The average molecular weight is 346 g/mol. The van der Waals surface area contributed by atoms with Crippen LogP contribution in [-0.4, -0.2) is 55.6 Å². The summed E-state index contributed by atoms with van der Waals surface area (Å²) in [6.07, 6.45) is 1.52. The van der Waals surface area contributed by atoms with Crippen molar-refractivity contribution in [1.29, 1.82) is 0 Å². The smallest absolute Gasteiger partial charge is 0.222 e. The van der Waals surface area contributed by atoms with Crippen LogP contribution in [0.25, 0.3) is 0 Å². The Hall–Kier alpha value is -2.24. The highest BCUT2D eigenvalue weighted by atomic mass is 16.5. The summed E-state index contributed by atoms with van der Waals surface area (Å²) in [5.41, 5.74) is 1.18. The molecule has 2 N–H and O–H groups in total. The van der Waals surface area contributed by atoms with Crippen molar-refractivity contribution in [2.75, 3.05) is 32.8 Å². The molecule has 1 aromatic rings. The highest BCUT2D eigenvalue weighted by Crippen LogP contribution is 2.12. The normalized spacial score (nSPS) is 17.5. The molecule has 138 valence electrons. The molecule has 0 aliphatic carbocycles. The van der Waals surface area contributed by atoms with E-state index in [0.717, 1.165) is 37.8 Å². The Morgan fingerprint density at radius 3 is 2.96 bits per heavy atom. The lowest BCUT2D eigenvalue weighted by Crippen LogP contribution is -2.45. The van der Waals surface area contributed by atoms with Crippen LogP contribution in [0.4, 0.5) is 0 Å². The standard InChI is InChI=1S/C19H30N4O2/c1-4-18(24)23-11-9-16(14-23)22-19(20-5-2)21-10-12-25-17-8-6-7-15(3)13-17/h6-8,13,16H,4-5,9-12,14H2,1-3H3,(H2,20,21,22). The summed E-state index contributed by atoms with van der Waals surface area (Å²) < 4.78 is 5.73. The van der Waals surface area contributed by atoms with Crippen LogP contribution in [0.1, 0.15) is 32.3 Å². The molecule has 1 atom stereocenters. The molecule has 1 saturated heterocycles. The van der Waals surface area contributed by atoms with E-state index in [2.05, 4.69) is 15.6 Å². The van der Waals surface area contributed by atoms with E-state index in [0.29, 0.717) is 19.6 Å². The Labute approximate surface area is 150 Å². The van der Waals surface area contributed by atoms with Crippen molar-refractivity contribution in [1.82, 2.24) is 15.5 Å². The average Bonchev–Trinajstić information content (AvgIpc) is 3.07. The van der Waals surface area contributed by atoms with Gasteiger partial charge in [0, 0.05) is 32.1 Å². The fourth-order valence-electron chi connectivity index (χ4n) is 2.87. The third-order valence-corrected chi connectivity index (χ3v) is 4.15. The van der Waals surface area contributed by atoms with Gasteiger partial charge >= 0.3 is 0 Å². The second-order valence-corrected chi connectivity index (χ2v) is 6.25. The Morgan fingerprint density at radius 1 is 1.40 bits per heavy atom. The molecule has 25 heavy (non-hydrogen) atoms. The predicted molar refractivity (Wildman–Crippen MR) is 101 cm³/mol. The molecule has 6 heteroatoms. The Bertz CT molecular complexity index is 589. The highest BCUT2D eigenvalue weighted by Gasteiger charge is 2.25. The zero-order chi connectivity index (χ0) is 18.1. The lowest BCUT2D eigenvalue weighted by Gasteiger charge is -2.18. The number of ether oxygens (including phenoxy) is 1. The van der Waals surface area contributed by atoms with Gasteiger partial charge in [0.1, 0.15) is 12.4 Å². The molecule has 0 aromatic heterocycles. The molecule has 0 radical (unpaired) electrons. The number of benzene rings is 1. The van der Waals surface area contributed by atoms with Gasteiger partial charge in [0.05, 0.1) is 6.54 Å². The third kappa shape index (κ3) is 6.29. The van der Waals surface area contributed by atoms with Crippen molar-refractivity contribution >= 4 is 11.9 Å². The first kappa shape index (κ1) is 19.1. The van der Waals surface area contributed by atoms with Gasteiger partial charge in [0.25, 0.3) is 0 Å². The summed E-state index contributed by atoms with van der Waals surface area (Å²) in [5, 5.41) is 6.68. The topological polar surface area (TPSA) is 66.0 Å². The minimum Gasteiger partial charge on any atom is -0.492 e. The summed E-state index contributed by atoms with van der Waals surface area (Å²) in [7, 11) is 0. The Morgan fingerprint density at radius 2 is 2.24 bits per heavy atom. The first-order chi connectivity index (χ1) is 12.1. The number of nitrogens with zero attached hydrogens (tertiary/aromatic N) is 2. The van der Waals surface area contributed by atoms with E-state index in [1.54, 1.807) is 0 Å². The van der Waals surface area contributed by atoms with Crippen molar-refractivity contribution in [2.45, 2.75) is 39.7 Å². The zero-order valence-electron chi connectivity index (χ0n) is 15.5. The van der Waals surface area contributed by atoms with E-state index in [-0.39, 0.29) is 11.9 Å². The number of likely N-dealkylation sites (tertiary alicyclic amines) is 1. The van der Waals surface area contributed by atoms with Crippen LogP contribution in [0.15, 0.2) is 29.3 Å². The minimum atomic E-state index is 0.220. The molecule has 1 amide bonds. The lowest BCUT2D eigenvalue weighted by molar-refractivity contribution is -0.129. The van der Waals surface area contributed by atoms with Gasteiger partial charge in [-0.25, -0.2) is 4.99 Å². The molecule has 1 unspecified atom stereocenters. The first-order valence-corrected chi connectivity index (χ1v) is 9.14. The molecule has 1 heterocycles. The van der Waals surface area contributed by atoms with Gasteiger partial charge < -0.3 is 20.3 Å². The molecule has 1 fully saturated rings. The summed E-state index contributed by atoms with van der Waals surface area (Å²) in [6, 6.07) is 8.27. The monoisotopic (exact) mass is 346 g/mol. The number of amides is 1. The molecule has 6 nitrogen and oxygen atoms in total. The minimum absolute atomic E-state index is 0.220. The number of rotatable bonds is 7. The van der Waals surface area contributed by atoms with Gasteiger partial charge in [-0.3, -0.25) is 4.79 Å². The van der Waals surface area contributed by atoms with Gasteiger partial charge in [-0.15, -0.1) is 0 Å². The van der Waals surface area contributed by atoms with Crippen LogP contribution < -0.4 is 15.4 Å². The quantitative estimate of drug-likeness (QED) is 0.450. The fourth-order valence-corrected chi connectivity index (χ4v) is 2.87. The number of carbonyl (C=O) groups is 1. The zero-order valence-corrected chi connectivity index (χ0v) is 15.5. The largest absolute Gasteiger partial charge is 0.492 e. The molecular formula is C19H30N4O2. The number of aryl methyl sites for hydroxylation is 1. The Kier molecular flexibility index (Phi) is 7.57. The number of hydrogen-bond acceptors (Lipinski definition) is 3. The van der Waals surface area contributed by atoms with E-state index in [1.807, 2.05) is 49.9 Å². The van der Waals surface area contributed by atoms with E-state index < -0.39 is 0 Å². The van der Waals surface area contributed by atoms with Gasteiger partial charge in [-0.1, -0.05) is 19.1 Å². The lowest BCUT2D eigenvalue weighted by atomic mass is 10.2. The van der Waals surface area contributed by atoms with E-state index in [4.69, 9.17) is 4.74 Å². The summed E-state index contributed by atoms with van der Waals surface area (Å²) in [6.45, 7) is 9.47. The fraction of sp³-hybridized carbons (Fsp3) is 0.579. The maximum atomic E-state index is 11.8. The van der Waals surface area contributed by atoms with Crippen LogP contribution in [0, 0.1) is 6.92 Å². The number of nitrogens with one attached hydrogen (secondary N) is 2. The van der Waals surface area contributed by atoms with Crippen molar-refractivity contribution in [2.24, 2.45) is 4.99 Å². The molecule has 1 aliphatic rings. The third-order valence-electron chi connectivity index (χ3n) is 4.15. The highest BCUT2D eigenvalue weighted by molar-refractivity contribution is 5.80. The van der Waals surface area contributed by atoms with Crippen molar-refractivity contribution < 1.29 is 9.53 Å². The predicted octanol–water partition coefficient (Wildman–Crippen LogP) is 1.94. The maximum absolute atomic E-state index is 11.8. The number of guanidine groups is 1. The van der Waals surface area contributed by atoms with Gasteiger partial charge in [-0.2, -0.15) is 0 Å². The SMILES string of the molecule is CCNC(=NCCOc1cccc(C)c1)NC1CCN(C(=O)CC)C1. The molecule has 1 aliphatic heterocycles. The maximum Gasteiger partial charge on any atom is 0.222 e. The molecular weight excluding hydrogens is 316 g/mol. The van der Waals surface area contributed by atoms with Gasteiger partial charge in [-0.05, 0) is 38.0 Å². The molecule has 0 bridgehead atoms. The summed E-state index contributed by atoms with van der Waals surface area (Å²) in [5.74, 6) is 1.88. The molecule has 0 spiro atoms. The van der Waals surface area contributed by atoms with Crippen molar-refractivity contribution in [3.05, 3.63) is 29.8 Å². The van der Waals surface area contributed by atoms with Gasteiger partial charge in [0.2, 0.25) is 5.91 Å². The van der Waals surface area contributed by atoms with Gasteiger partial charge in [0.15, 0.2) is 5.96 Å². The first-order valence-electron chi connectivity index (χ1n) is 9.14. The van der Waals surface area contributed by atoms with Crippen LogP contribution in [0.3, 0.4) is 0 Å². The summed E-state index contributed by atoms with van der Waals surface area (Å²) >= 11 is 0. The second kappa shape index (κ2) is 9.91. The van der Waals surface area contributed by atoms with Crippen LogP contribution in [0.5, 0.6) is 5.75 Å². The van der Waals surface area contributed by atoms with Crippen LogP contribution in [-0.2, 0) is 4.79 Å². The second-order valence-electron chi connectivity index (χ2n) is 6.25. The van der Waals surface area contributed by atoms with Crippen LogP contribution >= 0.6 is 0 Å².